The summed E-state index contributed by atoms with van der Waals surface area (Å²) in [5, 5.41) is 0. The Hall–Kier alpha value is -1.14. The van der Waals surface area contributed by atoms with Crippen LogP contribution in [0.1, 0.15) is 19.3 Å². The largest absolute Gasteiger partial charge is 0.381 e. The highest BCUT2D eigenvalue weighted by Crippen LogP contribution is 2.29. The molecule has 19 heavy (non-hydrogen) atoms. The van der Waals surface area contributed by atoms with Crippen LogP contribution in [0.4, 0.5) is 0 Å². The van der Waals surface area contributed by atoms with Crippen LogP contribution in [0.25, 0.3) is 0 Å². The first kappa shape index (κ1) is 14.3. The van der Waals surface area contributed by atoms with Gasteiger partial charge in [-0.2, -0.15) is 0 Å². The molecule has 0 aliphatic carbocycles. The second-order valence-corrected chi connectivity index (χ2v) is 5.81. The molecule has 0 bridgehead atoms. The number of likely N-dealkylation sites (N-methyl/N-ethyl adjacent to an activating group) is 1. The van der Waals surface area contributed by atoms with E-state index < -0.39 is 0 Å². The van der Waals surface area contributed by atoms with E-state index >= 15 is 0 Å². The molecule has 1 atom stereocenters. The zero-order valence-corrected chi connectivity index (χ0v) is 11.7. The van der Waals surface area contributed by atoms with Gasteiger partial charge in [0.05, 0.1) is 5.92 Å². The van der Waals surface area contributed by atoms with Crippen molar-refractivity contribution in [1.82, 2.24) is 9.80 Å². The van der Waals surface area contributed by atoms with Crippen molar-refractivity contribution in [3.8, 4) is 0 Å². The van der Waals surface area contributed by atoms with Crippen LogP contribution in [0.2, 0.25) is 0 Å². The maximum atomic E-state index is 12.0. The van der Waals surface area contributed by atoms with Crippen molar-refractivity contribution in [2.45, 2.75) is 24.8 Å². The maximum absolute atomic E-state index is 12.0. The Morgan fingerprint density at radius 1 is 1.47 bits per heavy atom. The van der Waals surface area contributed by atoms with Gasteiger partial charge in [0.2, 0.25) is 11.8 Å². The molecular formula is C13H23N3O3. The molecule has 2 fully saturated rings. The van der Waals surface area contributed by atoms with Gasteiger partial charge in [-0.05, 0) is 26.9 Å². The highest BCUT2D eigenvalue weighted by Gasteiger charge is 2.41. The molecule has 108 valence electrons. The lowest BCUT2D eigenvalue weighted by Crippen LogP contribution is -2.56. The number of rotatable bonds is 4. The molecule has 6 heteroatoms. The molecule has 2 aliphatic heterocycles. The van der Waals surface area contributed by atoms with Crippen molar-refractivity contribution in [3.05, 3.63) is 0 Å². The van der Waals surface area contributed by atoms with Gasteiger partial charge in [-0.3, -0.25) is 9.59 Å². The van der Waals surface area contributed by atoms with Gasteiger partial charge in [0, 0.05) is 38.3 Å². The monoisotopic (exact) mass is 269 g/mol. The Morgan fingerprint density at radius 2 is 2.11 bits per heavy atom. The Balaban J connectivity index is 2.06. The molecule has 2 heterocycles. The molecule has 1 unspecified atom stereocenters. The van der Waals surface area contributed by atoms with Crippen molar-refractivity contribution in [2.24, 2.45) is 11.7 Å². The number of ether oxygens (including phenoxy) is 1. The van der Waals surface area contributed by atoms with Crippen molar-refractivity contribution in [2.75, 3.05) is 40.4 Å². The van der Waals surface area contributed by atoms with Crippen molar-refractivity contribution in [3.63, 3.8) is 0 Å². The van der Waals surface area contributed by atoms with E-state index in [0.29, 0.717) is 13.1 Å². The van der Waals surface area contributed by atoms with E-state index in [1.54, 1.807) is 4.90 Å². The van der Waals surface area contributed by atoms with Crippen molar-refractivity contribution < 1.29 is 14.3 Å². The van der Waals surface area contributed by atoms with Gasteiger partial charge >= 0.3 is 0 Å². The van der Waals surface area contributed by atoms with Gasteiger partial charge in [-0.25, -0.2) is 0 Å². The predicted octanol–water partition coefficient (Wildman–Crippen LogP) is -0.569. The summed E-state index contributed by atoms with van der Waals surface area (Å²) in [6.07, 6.45) is 2.07. The lowest BCUT2D eigenvalue weighted by Gasteiger charge is -2.45. The van der Waals surface area contributed by atoms with E-state index in [9.17, 15) is 9.59 Å². The summed E-state index contributed by atoms with van der Waals surface area (Å²) in [6.45, 7) is 2.56. The van der Waals surface area contributed by atoms with Crippen LogP contribution < -0.4 is 5.73 Å². The minimum atomic E-state index is -0.373. The van der Waals surface area contributed by atoms with Gasteiger partial charge < -0.3 is 20.3 Å². The molecule has 2 rings (SSSR count). The maximum Gasteiger partial charge on any atom is 0.223 e. The molecule has 0 radical (unpaired) electrons. The Bertz CT molecular complexity index is 364. The molecule has 0 aromatic heterocycles. The SMILES string of the molecule is CN(C)C1(CN2CC(C(N)=O)CC2=O)CCOCC1. The number of likely N-dealkylation sites (tertiary alicyclic amines) is 1. The Labute approximate surface area is 113 Å². The zero-order valence-electron chi connectivity index (χ0n) is 11.7. The fourth-order valence-electron chi connectivity index (χ4n) is 2.97. The Morgan fingerprint density at radius 3 is 2.58 bits per heavy atom. The number of primary amides is 1. The summed E-state index contributed by atoms with van der Waals surface area (Å²) in [7, 11) is 4.08. The number of hydrogen-bond donors (Lipinski definition) is 1. The zero-order chi connectivity index (χ0) is 14.0. The van der Waals surface area contributed by atoms with E-state index in [0.717, 1.165) is 26.1 Å². The molecule has 6 nitrogen and oxygen atoms in total. The van der Waals surface area contributed by atoms with Crippen LogP contribution in [0, 0.1) is 5.92 Å². The third-order valence-corrected chi connectivity index (χ3v) is 4.47. The van der Waals surface area contributed by atoms with Crippen LogP contribution in [-0.4, -0.2) is 67.6 Å². The molecule has 0 aromatic rings. The van der Waals surface area contributed by atoms with E-state index in [1.165, 1.54) is 0 Å². The summed E-state index contributed by atoms with van der Waals surface area (Å²) in [4.78, 5) is 27.2. The van der Waals surface area contributed by atoms with Gasteiger partial charge in [0.15, 0.2) is 0 Å². The first-order chi connectivity index (χ1) is 8.94. The van der Waals surface area contributed by atoms with Crippen molar-refractivity contribution in [1.29, 1.82) is 0 Å². The number of nitrogens with two attached hydrogens (primary N) is 1. The lowest BCUT2D eigenvalue weighted by molar-refractivity contribution is -0.130. The minimum Gasteiger partial charge on any atom is -0.381 e. The second kappa shape index (κ2) is 5.46. The van der Waals surface area contributed by atoms with Crippen LogP contribution >= 0.6 is 0 Å². The summed E-state index contributed by atoms with van der Waals surface area (Å²) < 4.78 is 5.42. The fourth-order valence-corrected chi connectivity index (χ4v) is 2.97. The van der Waals surface area contributed by atoms with Crippen LogP contribution in [0.3, 0.4) is 0 Å². The van der Waals surface area contributed by atoms with Crippen LogP contribution in [0.5, 0.6) is 0 Å². The highest BCUT2D eigenvalue weighted by atomic mass is 16.5. The second-order valence-electron chi connectivity index (χ2n) is 5.81. The van der Waals surface area contributed by atoms with E-state index in [-0.39, 0.29) is 29.7 Å². The normalized spacial score (nSPS) is 27.0. The van der Waals surface area contributed by atoms with Crippen LogP contribution in [0.15, 0.2) is 0 Å². The number of carbonyl (C=O) groups excluding carboxylic acids is 2. The minimum absolute atomic E-state index is 0.0384. The van der Waals surface area contributed by atoms with E-state index in [4.69, 9.17) is 10.5 Å². The van der Waals surface area contributed by atoms with Crippen molar-refractivity contribution >= 4 is 11.8 Å². The number of nitrogens with zero attached hydrogens (tertiary/aromatic N) is 2. The molecule has 0 spiro atoms. The van der Waals surface area contributed by atoms with E-state index in [2.05, 4.69) is 4.90 Å². The molecular weight excluding hydrogens is 246 g/mol. The first-order valence-electron chi connectivity index (χ1n) is 6.77. The quantitative estimate of drug-likeness (QED) is 0.741. The topological polar surface area (TPSA) is 75.9 Å². The van der Waals surface area contributed by atoms with Gasteiger partial charge in [-0.1, -0.05) is 0 Å². The molecule has 2 saturated heterocycles. The molecule has 0 saturated carbocycles. The highest BCUT2D eigenvalue weighted by molar-refractivity contribution is 5.88. The third kappa shape index (κ3) is 2.90. The van der Waals surface area contributed by atoms with Gasteiger partial charge in [-0.15, -0.1) is 0 Å². The summed E-state index contributed by atoms with van der Waals surface area (Å²) in [6, 6.07) is 0. The summed E-state index contributed by atoms with van der Waals surface area (Å²) in [5.74, 6) is -0.662. The first-order valence-corrected chi connectivity index (χ1v) is 6.77. The van der Waals surface area contributed by atoms with Gasteiger partial charge in [0.1, 0.15) is 0 Å². The fraction of sp³-hybridized carbons (Fsp3) is 0.846. The number of hydrogen-bond acceptors (Lipinski definition) is 4. The summed E-state index contributed by atoms with van der Waals surface area (Å²) in [5.41, 5.74) is 5.26. The molecule has 2 N–H and O–H groups in total. The van der Waals surface area contributed by atoms with Crippen LogP contribution in [-0.2, 0) is 14.3 Å². The van der Waals surface area contributed by atoms with Gasteiger partial charge in [0.25, 0.3) is 0 Å². The number of carbonyl (C=O) groups is 2. The average Bonchev–Trinajstić information content (AvgIpc) is 2.72. The summed E-state index contributed by atoms with van der Waals surface area (Å²) >= 11 is 0. The number of amides is 2. The van der Waals surface area contributed by atoms with E-state index in [1.807, 2.05) is 14.1 Å². The Kier molecular flexibility index (Phi) is 4.10. The average molecular weight is 269 g/mol. The lowest BCUT2D eigenvalue weighted by atomic mass is 9.88. The molecule has 0 aromatic carbocycles. The predicted molar refractivity (Wildman–Crippen MR) is 70.4 cm³/mol. The third-order valence-electron chi connectivity index (χ3n) is 4.47. The molecule has 2 aliphatic rings. The standard InChI is InChI=1S/C13H23N3O3/c1-15(2)13(3-5-19-6-4-13)9-16-8-10(12(14)18)7-11(16)17/h10H,3-9H2,1-2H3,(H2,14,18). The molecule has 2 amide bonds. The smallest absolute Gasteiger partial charge is 0.223 e.